The van der Waals surface area contributed by atoms with E-state index in [-0.39, 0.29) is 11.8 Å². The van der Waals surface area contributed by atoms with E-state index < -0.39 is 5.41 Å². The second-order valence-corrected chi connectivity index (χ2v) is 5.34. The van der Waals surface area contributed by atoms with E-state index in [0.29, 0.717) is 19.7 Å². The van der Waals surface area contributed by atoms with Crippen LogP contribution in [0.2, 0.25) is 0 Å². The molecule has 1 amide bonds. The molecule has 5 heteroatoms. The van der Waals surface area contributed by atoms with E-state index in [9.17, 15) is 4.79 Å². The highest BCUT2D eigenvalue weighted by Gasteiger charge is 2.42. The summed E-state index contributed by atoms with van der Waals surface area (Å²) in [4.78, 5) is 14.6. The van der Waals surface area contributed by atoms with Gasteiger partial charge in [-0.25, -0.2) is 0 Å². The predicted molar refractivity (Wildman–Crippen MR) is 73.4 cm³/mol. The lowest BCUT2D eigenvalue weighted by Gasteiger charge is -2.39. The van der Waals surface area contributed by atoms with Crippen LogP contribution in [0.25, 0.3) is 0 Å². The Morgan fingerprint density at radius 1 is 1.53 bits per heavy atom. The quantitative estimate of drug-likeness (QED) is 0.780. The summed E-state index contributed by atoms with van der Waals surface area (Å²) < 4.78 is 5.29. The minimum atomic E-state index is -0.412. The number of nitrogens with zero attached hydrogens (tertiary/aromatic N) is 2. The molecule has 0 saturated carbocycles. The van der Waals surface area contributed by atoms with Crippen molar-refractivity contribution in [2.24, 2.45) is 11.3 Å². The molecule has 0 aromatic carbocycles. The van der Waals surface area contributed by atoms with Gasteiger partial charge < -0.3 is 15.0 Å². The van der Waals surface area contributed by atoms with Crippen molar-refractivity contribution in [3.05, 3.63) is 0 Å². The highest BCUT2D eigenvalue weighted by molar-refractivity contribution is 5.83. The first-order valence-corrected chi connectivity index (χ1v) is 6.98. The average molecular weight is 267 g/mol. The molecule has 1 unspecified atom stereocenters. The summed E-state index contributed by atoms with van der Waals surface area (Å²) in [6.07, 6.45) is 1.61. The molecule has 5 nitrogen and oxygen atoms in total. The van der Waals surface area contributed by atoms with E-state index in [1.54, 1.807) is 12.0 Å². The maximum atomic E-state index is 12.8. The van der Waals surface area contributed by atoms with E-state index >= 15 is 0 Å². The Labute approximate surface area is 115 Å². The fourth-order valence-corrected chi connectivity index (χ4v) is 2.66. The molecule has 0 bridgehead atoms. The van der Waals surface area contributed by atoms with Gasteiger partial charge in [0.25, 0.3) is 0 Å². The van der Waals surface area contributed by atoms with Gasteiger partial charge in [0.1, 0.15) is 0 Å². The summed E-state index contributed by atoms with van der Waals surface area (Å²) in [6, 6.07) is 2.19. The van der Waals surface area contributed by atoms with Crippen molar-refractivity contribution in [3.8, 4) is 6.07 Å². The minimum absolute atomic E-state index is 0.134. The van der Waals surface area contributed by atoms with Gasteiger partial charge in [-0.1, -0.05) is 0 Å². The van der Waals surface area contributed by atoms with Gasteiger partial charge in [-0.15, -0.1) is 0 Å². The van der Waals surface area contributed by atoms with Crippen LogP contribution in [0.4, 0.5) is 0 Å². The van der Waals surface area contributed by atoms with Crippen LogP contribution in [0.1, 0.15) is 26.7 Å². The fraction of sp³-hybridized carbons (Fsp3) is 0.857. The van der Waals surface area contributed by atoms with Crippen molar-refractivity contribution in [1.29, 1.82) is 5.26 Å². The monoisotopic (exact) mass is 267 g/mol. The van der Waals surface area contributed by atoms with Crippen molar-refractivity contribution >= 4 is 5.91 Å². The Bertz CT molecular complexity index is 327. The molecule has 1 fully saturated rings. The molecule has 1 N–H and O–H groups in total. The molecule has 0 spiro atoms. The second-order valence-electron chi connectivity index (χ2n) is 5.34. The third kappa shape index (κ3) is 3.92. The molecule has 1 atom stereocenters. The first-order chi connectivity index (χ1) is 9.09. The normalized spacial score (nSPS) is 19.5. The lowest BCUT2D eigenvalue weighted by atomic mass is 9.78. The number of methoxy groups -OCH3 is 1. The van der Waals surface area contributed by atoms with E-state index in [1.807, 2.05) is 13.8 Å². The molecule has 1 rings (SSSR count). The van der Waals surface area contributed by atoms with Crippen molar-refractivity contribution in [2.75, 3.05) is 39.9 Å². The first-order valence-electron chi connectivity index (χ1n) is 6.98. The Morgan fingerprint density at radius 2 is 2.16 bits per heavy atom. The van der Waals surface area contributed by atoms with Crippen molar-refractivity contribution in [1.82, 2.24) is 10.2 Å². The predicted octanol–water partition coefficient (Wildman–Crippen LogP) is 1.01. The summed E-state index contributed by atoms with van der Waals surface area (Å²) >= 11 is 0. The fourth-order valence-electron chi connectivity index (χ4n) is 2.66. The van der Waals surface area contributed by atoms with E-state index in [1.165, 1.54) is 0 Å². The molecule has 0 aromatic heterocycles. The molecule has 108 valence electrons. The zero-order chi connectivity index (χ0) is 14.3. The van der Waals surface area contributed by atoms with Crippen LogP contribution in [0, 0.1) is 22.7 Å². The van der Waals surface area contributed by atoms with Crippen LogP contribution < -0.4 is 5.32 Å². The first kappa shape index (κ1) is 15.9. The number of carbonyl (C=O) groups excluding carboxylic acids is 1. The summed E-state index contributed by atoms with van der Waals surface area (Å²) in [7, 11) is 1.64. The number of hydrogen-bond donors (Lipinski definition) is 1. The zero-order valence-corrected chi connectivity index (χ0v) is 12.2. The van der Waals surface area contributed by atoms with Crippen LogP contribution in [0.3, 0.4) is 0 Å². The van der Waals surface area contributed by atoms with Crippen molar-refractivity contribution < 1.29 is 9.53 Å². The summed E-state index contributed by atoms with van der Waals surface area (Å²) in [5.41, 5.74) is -0.412. The van der Waals surface area contributed by atoms with Gasteiger partial charge in [-0.05, 0) is 39.8 Å². The standard InChI is InChI=1S/C14H25N3O2/c1-4-17(10-12(2)9-15)13(18)14(11-19-3)5-7-16-8-6-14/h12,16H,4-8,10-11H2,1-3H3. The van der Waals surface area contributed by atoms with Crippen LogP contribution in [-0.2, 0) is 9.53 Å². The van der Waals surface area contributed by atoms with Gasteiger partial charge in [0, 0.05) is 20.2 Å². The molecule has 0 aromatic rings. The Balaban J connectivity index is 2.81. The molecule has 1 aliphatic rings. The maximum Gasteiger partial charge on any atom is 0.231 e. The number of rotatable bonds is 6. The number of nitriles is 1. The van der Waals surface area contributed by atoms with E-state index in [0.717, 1.165) is 25.9 Å². The molecule has 0 aliphatic carbocycles. The molecule has 1 heterocycles. The average Bonchev–Trinajstić information content (AvgIpc) is 2.45. The molecule has 19 heavy (non-hydrogen) atoms. The summed E-state index contributed by atoms with van der Waals surface area (Å²) in [5, 5.41) is 12.2. The van der Waals surface area contributed by atoms with Gasteiger partial charge in [-0.3, -0.25) is 4.79 Å². The highest BCUT2D eigenvalue weighted by atomic mass is 16.5. The lowest BCUT2D eigenvalue weighted by Crippen LogP contribution is -2.52. The Morgan fingerprint density at radius 3 is 2.63 bits per heavy atom. The smallest absolute Gasteiger partial charge is 0.231 e. The number of nitrogens with one attached hydrogen (secondary N) is 1. The molecule has 1 aliphatic heterocycles. The zero-order valence-electron chi connectivity index (χ0n) is 12.2. The molecule has 1 saturated heterocycles. The number of piperidine rings is 1. The van der Waals surface area contributed by atoms with Gasteiger partial charge in [0.15, 0.2) is 0 Å². The number of hydrogen-bond acceptors (Lipinski definition) is 4. The maximum absolute atomic E-state index is 12.8. The summed E-state index contributed by atoms with van der Waals surface area (Å²) in [6.45, 7) is 7.12. The largest absolute Gasteiger partial charge is 0.384 e. The third-order valence-corrected chi connectivity index (χ3v) is 3.82. The second kappa shape index (κ2) is 7.46. The number of carbonyl (C=O) groups is 1. The van der Waals surface area contributed by atoms with Gasteiger partial charge in [-0.2, -0.15) is 5.26 Å². The third-order valence-electron chi connectivity index (χ3n) is 3.82. The van der Waals surface area contributed by atoms with Crippen molar-refractivity contribution in [2.45, 2.75) is 26.7 Å². The van der Waals surface area contributed by atoms with Crippen LogP contribution in [-0.4, -0.2) is 50.7 Å². The van der Waals surface area contributed by atoms with E-state index in [2.05, 4.69) is 11.4 Å². The molecular weight excluding hydrogens is 242 g/mol. The van der Waals surface area contributed by atoms with Crippen molar-refractivity contribution in [3.63, 3.8) is 0 Å². The highest BCUT2D eigenvalue weighted by Crippen LogP contribution is 2.31. The van der Waals surface area contributed by atoms with Gasteiger partial charge in [0.05, 0.1) is 24.0 Å². The van der Waals surface area contributed by atoms with Crippen LogP contribution >= 0.6 is 0 Å². The molecular formula is C14H25N3O2. The van der Waals surface area contributed by atoms with Crippen LogP contribution in [0.15, 0.2) is 0 Å². The van der Waals surface area contributed by atoms with Gasteiger partial charge in [0.2, 0.25) is 5.91 Å². The Kier molecular flexibility index (Phi) is 6.26. The number of amides is 1. The lowest BCUT2D eigenvalue weighted by molar-refractivity contribution is -0.147. The minimum Gasteiger partial charge on any atom is -0.384 e. The topological polar surface area (TPSA) is 65.4 Å². The summed E-state index contributed by atoms with van der Waals surface area (Å²) in [5.74, 6) is 0.00524. The number of ether oxygens (including phenoxy) is 1. The molecule has 0 radical (unpaired) electrons. The Hall–Kier alpha value is -1.12. The van der Waals surface area contributed by atoms with Crippen LogP contribution in [0.5, 0.6) is 0 Å². The van der Waals surface area contributed by atoms with Gasteiger partial charge >= 0.3 is 0 Å². The van der Waals surface area contributed by atoms with E-state index in [4.69, 9.17) is 10.00 Å². The SMILES string of the molecule is CCN(CC(C)C#N)C(=O)C1(COC)CCNCC1.